The van der Waals surface area contributed by atoms with Gasteiger partial charge in [-0.3, -0.25) is 9.59 Å². The molecule has 10 heteroatoms. The molecule has 4 aromatic rings. The van der Waals surface area contributed by atoms with E-state index in [1.807, 2.05) is 32.0 Å². The summed E-state index contributed by atoms with van der Waals surface area (Å²) in [6.07, 6.45) is 8.66. The molecule has 0 spiro atoms. The third-order valence-electron chi connectivity index (χ3n) is 12.2. The van der Waals surface area contributed by atoms with E-state index in [0.717, 1.165) is 80.4 Å². The molecular formula is C44H54FN5O4. The topological polar surface area (TPSA) is 114 Å². The molecular weight excluding hydrogens is 682 g/mol. The second-order valence-corrected chi connectivity index (χ2v) is 15.1. The minimum absolute atomic E-state index is 0.0272. The van der Waals surface area contributed by atoms with Crippen molar-refractivity contribution in [2.45, 2.75) is 104 Å². The number of aromatic nitrogens is 2. The van der Waals surface area contributed by atoms with Crippen LogP contribution in [0.4, 0.5) is 14.9 Å². The van der Waals surface area contributed by atoms with E-state index < -0.39 is 11.7 Å². The summed E-state index contributed by atoms with van der Waals surface area (Å²) in [6.45, 7) is 10.8. The Bertz CT molecular complexity index is 2130. The van der Waals surface area contributed by atoms with Crippen LogP contribution in [0.25, 0.3) is 22.4 Å². The van der Waals surface area contributed by atoms with Gasteiger partial charge in [-0.1, -0.05) is 45.4 Å². The molecule has 6 rings (SSSR count). The lowest BCUT2D eigenvalue weighted by Gasteiger charge is -2.39. The van der Waals surface area contributed by atoms with Gasteiger partial charge in [0.25, 0.3) is 11.5 Å². The summed E-state index contributed by atoms with van der Waals surface area (Å²) in [5, 5.41) is 8.99. The number of aryl methyl sites for hydroxylation is 2. The Kier molecular flexibility index (Phi) is 11.6. The molecule has 3 heterocycles. The zero-order chi connectivity index (χ0) is 38.7. The molecule has 3 atom stereocenters. The van der Waals surface area contributed by atoms with Gasteiger partial charge < -0.3 is 25.3 Å². The molecule has 0 bridgehead atoms. The Labute approximate surface area is 318 Å². The van der Waals surface area contributed by atoms with Crippen LogP contribution in [0.2, 0.25) is 0 Å². The predicted molar refractivity (Wildman–Crippen MR) is 213 cm³/mol. The van der Waals surface area contributed by atoms with E-state index in [2.05, 4.69) is 35.9 Å². The number of nitrogens with one attached hydrogen (secondary N) is 3. The van der Waals surface area contributed by atoms with Gasteiger partial charge in [0, 0.05) is 47.2 Å². The monoisotopic (exact) mass is 735 g/mol. The number of amides is 3. The highest BCUT2D eigenvalue weighted by Crippen LogP contribution is 2.46. The molecule has 54 heavy (non-hydrogen) atoms. The zero-order valence-corrected chi connectivity index (χ0v) is 32.7. The van der Waals surface area contributed by atoms with Gasteiger partial charge in [0.1, 0.15) is 11.4 Å². The first-order valence-corrected chi connectivity index (χ1v) is 19.5. The molecule has 2 aromatic heterocycles. The molecule has 3 amide bonds. The summed E-state index contributed by atoms with van der Waals surface area (Å²) in [5.41, 5.74) is 7.36. The highest BCUT2D eigenvalue weighted by atomic mass is 19.1. The van der Waals surface area contributed by atoms with Crippen molar-refractivity contribution in [3.05, 3.63) is 98.2 Å². The van der Waals surface area contributed by atoms with E-state index in [1.165, 1.54) is 27.8 Å². The summed E-state index contributed by atoms with van der Waals surface area (Å²) >= 11 is 0. The van der Waals surface area contributed by atoms with Crippen LogP contribution in [0.5, 0.6) is 5.88 Å². The van der Waals surface area contributed by atoms with Gasteiger partial charge in [-0.2, -0.15) is 0 Å². The predicted octanol–water partition coefficient (Wildman–Crippen LogP) is 8.77. The van der Waals surface area contributed by atoms with Crippen molar-refractivity contribution in [1.29, 1.82) is 0 Å². The second kappa shape index (κ2) is 16.2. The maximum atomic E-state index is 15.8. The van der Waals surface area contributed by atoms with E-state index in [1.54, 1.807) is 33.2 Å². The van der Waals surface area contributed by atoms with Crippen LogP contribution in [0.1, 0.15) is 110 Å². The lowest BCUT2D eigenvalue weighted by molar-refractivity contribution is 0.102. The normalized spacial score (nSPS) is 18.4. The molecule has 1 aliphatic carbocycles. The van der Waals surface area contributed by atoms with Crippen molar-refractivity contribution >= 4 is 17.6 Å². The maximum absolute atomic E-state index is 15.8. The average Bonchev–Trinajstić information content (AvgIpc) is 3.58. The summed E-state index contributed by atoms with van der Waals surface area (Å²) in [5.74, 6) is 0.556. The number of benzene rings is 2. The molecule has 2 aliphatic rings. The molecule has 1 unspecified atom stereocenters. The first-order valence-electron chi connectivity index (χ1n) is 19.5. The quantitative estimate of drug-likeness (QED) is 0.127. The van der Waals surface area contributed by atoms with E-state index in [-0.39, 0.29) is 22.7 Å². The number of anilines is 1. The SMILES string of the molecule is CCc1ccc(C(=O)Nc2ccc(F)c(-c3cccc(-c4cc5c(c(OC)n4)[C@@H](CC(CC)CC[C@@]4(CC)CCNC(=O)N4)CC5)c3C)c2C)c(=O)n1C. The van der Waals surface area contributed by atoms with Crippen molar-refractivity contribution in [3.63, 3.8) is 0 Å². The number of fused-ring (bicyclic) bond motifs is 1. The molecule has 0 radical (unpaired) electrons. The molecule has 1 fully saturated rings. The first-order chi connectivity index (χ1) is 25.9. The number of carbonyl (C=O) groups is 2. The molecule has 1 aliphatic heterocycles. The van der Waals surface area contributed by atoms with Gasteiger partial charge in [0.2, 0.25) is 5.88 Å². The number of pyridine rings is 2. The second-order valence-electron chi connectivity index (χ2n) is 15.1. The number of carbonyl (C=O) groups excluding carboxylic acids is 2. The third kappa shape index (κ3) is 7.52. The molecule has 286 valence electrons. The van der Waals surface area contributed by atoms with E-state index in [0.29, 0.717) is 46.5 Å². The number of rotatable bonds is 13. The number of methoxy groups -OCH3 is 1. The fraction of sp³-hybridized carbons (Fsp3) is 0.455. The number of urea groups is 1. The van der Waals surface area contributed by atoms with Crippen LogP contribution in [-0.4, -0.2) is 40.7 Å². The highest BCUT2D eigenvalue weighted by Gasteiger charge is 2.35. The molecule has 1 saturated heterocycles. The highest BCUT2D eigenvalue weighted by molar-refractivity contribution is 6.05. The summed E-state index contributed by atoms with van der Waals surface area (Å²) in [7, 11) is 3.34. The van der Waals surface area contributed by atoms with Crippen LogP contribution >= 0.6 is 0 Å². The fourth-order valence-electron chi connectivity index (χ4n) is 8.71. The van der Waals surface area contributed by atoms with Gasteiger partial charge in [-0.05, 0) is 130 Å². The first kappa shape index (κ1) is 38.7. The van der Waals surface area contributed by atoms with Crippen LogP contribution in [-0.2, 0) is 19.9 Å². The minimum Gasteiger partial charge on any atom is -0.481 e. The van der Waals surface area contributed by atoms with Gasteiger partial charge in [-0.15, -0.1) is 0 Å². The fourth-order valence-corrected chi connectivity index (χ4v) is 8.71. The lowest BCUT2D eigenvalue weighted by atomic mass is 9.79. The van der Waals surface area contributed by atoms with Crippen molar-refractivity contribution in [1.82, 2.24) is 20.2 Å². The van der Waals surface area contributed by atoms with Gasteiger partial charge in [0.05, 0.1) is 12.8 Å². The van der Waals surface area contributed by atoms with Gasteiger partial charge >= 0.3 is 6.03 Å². The Morgan fingerprint density at radius 1 is 1.09 bits per heavy atom. The minimum atomic E-state index is -0.539. The molecule has 2 aromatic carbocycles. The summed E-state index contributed by atoms with van der Waals surface area (Å²) < 4.78 is 23.2. The smallest absolute Gasteiger partial charge is 0.315 e. The molecule has 9 nitrogen and oxygen atoms in total. The van der Waals surface area contributed by atoms with E-state index in [4.69, 9.17) is 9.72 Å². The Morgan fingerprint density at radius 2 is 1.87 bits per heavy atom. The largest absolute Gasteiger partial charge is 0.481 e. The summed E-state index contributed by atoms with van der Waals surface area (Å²) in [4.78, 5) is 43.5. The number of hydrogen-bond acceptors (Lipinski definition) is 5. The Balaban J connectivity index is 1.26. The average molecular weight is 736 g/mol. The van der Waals surface area contributed by atoms with Crippen LogP contribution in [0, 0.1) is 25.6 Å². The zero-order valence-electron chi connectivity index (χ0n) is 32.7. The Hall–Kier alpha value is -4.99. The third-order valence-corrected chi connectivity index (χ3v) is 12.2. The maximum Gasteiger partial charge on any atom is 0.315 e. The number of ether oxygens (including phenoxy) is 1. The van der Waals surface area contributed by atoms with Gasteiger partial charge in [0.15, 0.2) is 0 Å². The standard InChI is InChI=1S/C44H54FN5O4/c1-8-28(20-21-44(10-3)22-23-46-43(53)49-44)24-29-14-15-30-25-37(48-41(54-7)39(29)30)32-12-11-13-33(26(32)4)38-27(5)36(19-18-35(38)45)47-40(51)34-17-16-31(9-2)50(6)42(34)52/h11-13,16-19,25,28-29H,8-10,14-15,20-24H2,1-7H3,(H,47,51)(H2,46,49,53)/t28?,29-,44+/m1/s1. The van der Waals surface area contributed by atoms with Crippen LogP contribution < -0.4 is 26.2 Å². The number of hydrogen-bond donors (Lipinski definition) is 3. The number of halogens is 1. The van der Waals surface area contributed by atoms with Crippen molar-refractivity contribution in [2.75, 3.05) is 19.0 Å². The van der Waals surface area contributed by atoms with Crippen LogP contribution in [0.15, 0.2) is 53.3 Å². The van der Waals surface area contributed by atoms with Crippen molar-refractivity contribution in [3.8, 4) is 28.3 Å². The summed E-state index contributed by atoms with van der Waals surface area (Å²) in [6, 6.07) is 14.1. The van der Waals surface area contributed by atoms with Crippen molar-refractivity contribution < 1.29 is 18.7 Å². The molecule has 0 saturated carbocycles. The van der Waals surface area contributed by atoms with Crippen LogP contribution in [0.3, 0.4) is 0 Å². The molecule has 3 N–H and O–H groups in total. The van der Waals surface area contributed by atoms with Gasteiger partial charge in [-0.25, -0.2) is 14.2 Å². The van der Waals surface area contributed by atoms with E-state index >= 15 is 4.39 Å². The lowest BCUT2D eigenvalue weighted by Crippen LogP contribution is -2.58. The number of nitrogens with zero attached hydrogens (tertiary/aromatic N) is 2. The van der Waals surface area contributed by atoms with E-state index in [9.17, 15) is 14.4 Å². The Morgan fingerprint density at radius 3 is 2.57 bits per heavy atom. The van der Waals surface area contributed by atoms with Crippen molar-refractivity contribution in [2.24, 2.45) is 13.0 Å².